The van der Waals surface area contributed by atoms with E-state index < -0.39 is 34.9 Å². The van der Waals surface area contributed by atoms with Crippen molar-refractivity contribution >= 4 is 46.5 Å². The molecule has 1 saturated heterocycles. The Morgan fingerprint density at radius 1 is 1.15 bits per heavy atom. The first kappa shape index (κ1) is 24.0. The Labute approximate surface area is 193 Å². The van der Waals surface area contributed by atoms with Gasteiger partial charge in [-0.1, -0.05) is 18.2 Å². The van der Waals surface area contributed by atoms with Gasteiger partial charge in [-0.2, -0.15) is 0 Å². The molecule has 0 aromatic heterocycles. The number of thioether (sulfide) groups is 1. The summed E-state index contributed by atoms with van der Waals surface area (Å²) in [5.41, 5.74) is 0.893. The number of nitrogens with zero attached hydrogens (tertiary/aromatic N) is 1. The van der Waals surface area contributed by atoms with Crippen molar-refractivity contribution in [1.29, 1.82) is 0 Å². The number of carbonyl (C=O) groups is 4. The average Bonchev–Trinajstić information content (AvgIpc) is 3.07. The van der Waals surface area contributed by atoms with Crippen molar-refractivity contribution in [3.8, 4) is 5.75 Å². The smallest absolute Gasteiger partial charge is 0.329 e. The lowest BCUT2D eigenvalue weighted by molar-refractivity contribution is -0.150. The Kier molecular flexibility index (Phi) is 7.83. The summed E-state index contributed by atoms with van der Waals surface area (Å²) in [6.07, 6.45) is 1.47. The van der Waals surface area contributed by atoms with Crippen LogP contribution in [0.15, 0.2) is 53.4 Å². The average molecular weight is 472 g/mol. The van der Waals surface area contributed by atoms with E-state index in [0.717, 1.165) is 4.90 Å². The Morgan fingerprint density at radius 3 is 2.55 bits per heavy atom. The molecule has 2 aromatic rings. The van der Waals surface area contributed by atoms with Gasteiger partial charge in [0.1, 0.15) is 17.6 Å². The summed E-state index contributed by atoms with van der Waals surface area (Å²) in [5, 5.41) is 2.00. The van der Waals surface area contributed by atoms with Gasteiger partial charge in [-0.25, -0.2) is 9.18 Å². The quantitative estimate of drug-likeness (QED) is 0.460. The Hall–Kier alpha value is -3.66. The number of hydrogen-bond acceptors (Lipinski definition) is 7. The van der Waals surface area contributed by atoms with Crippen LogP contribution in [0.2, 0.25) is 0 Å². The van der Waals surface area contributed by atoms with Gasteiger partial charge in [-0.15, -0.1) is 0 Å². The molecule has 0 bridgehead atoms. The third-order valence-electron chi connectivity index (χ3n) is 4.53. The number of esters is 1. The molecule has 8 nitrogen and oxygen atoms in total. The second-order valence-corrected chi connectivity index (χ2v) is 7.85. The second kappa shape index (κ2) is 10.8. The van der Waals surface area contributed by atoms with E-state index in [2.05, 4.69) is 5.32 Å². The van der Waals surface area contributed by atoms with Gasteiger partial charge in [0, 0.05) is 11.3 Å². The number of nitrogens with one attached hydrogen (secondary N) is 1. The van der Waals surface area contributed by atoms with Crippen LogP contribution < -0.4 is 10.1 Å². The molecule has 1 aliphatic heterocycles. The van der Waals surface area contributed by atoms with Crippen LogP contribution in [0.4, 0.5) is 14.9 Å². The summed E-state index contributed by atoms with van der Waals surface area (Å²) in [4.78, 5) is 50.2. The minimum absolute atomic E-state index is 0.114. The number of ether oxygens (including phenoxy) is 2. The van der Waals surface area contributed by atoms with Gasteiger partial charge in [0.2, 0.25) is 0 Å². The minimum atomic E-state index is -1.05. The van der Waals surface area contributed by atoms with E-state index in [1.807, 2.05) is 0 Å². The number of benzene rings is 2. The summed E-state index contributed by atoms with van der Waals surface area (Å²) in [6, 6.07) is 10.9. The van der Waals surface area contributed by atoms with Crippen molar-refractivity contribution in [2.75, 3.05) is 18.5 Å². The summed E-state index contributed by atoms with van der Waals surface area (Å²) in [7, 11) is 0. The molecular formula is C23H21FN2O6S. The minimum Gasteiger partial charge on any atom is -0.483 e. The maximum atomic E-state index is 13.0. The van der Waals surface area contributed by atoms with Crippen LogP contribution in [0.1, 0.15) is 19.4 Å². The molecule has 1 unspecified atom stereocenters. The van der Waals surface area contributed by atoms with Crippen LogP contribution in [-0.2, 0) is 19.1 Å². The SMILES string of the molecule is CCOC(=O)C(C)N1C(=O)SC(=Cc2ccccc2OCC(=O)Nc2ccc(F)cc2)C1=O. The molecule has 1 N–H and O–H groups in total. The van der Waals surface area contributed by atoms with E-state index >= 15 is 0 Å². The molecule has 0 spiro atoms. The number of amides is 3. The lowest BCUT2D eigenvalue weighted by Gasteiger charge is -2.19. The largest absolute Gasteiger partial charge is 0.483 e. The second-order valence-electron chi connectivity index (χ2n) is 6.86. The number of carbonyl (C=O) groups excluding carboxylic acids is 4. The van der Waals surface area contributed by atoms with Crippen LogP contribution in [-0.4, -0.2) is 47.2 Å². The zero-order chi connectivity index (χ0) is 24.0. The molecule has 1 aliphatic rings. The molecule has 2 aromatic carbocycles. The zero-order valence-electron chi connectivity index (χ0n) is 17.9. The van der Waals surface area contributed by atoms with E-state index in [0.29, 0.717) is 28.8 Å². The lowest BCUT2D eigenvalue weighted by atomic mass is 10.1. The molecule has 0 aliphatic carbocycles. The van der Waals surface area contributed by atoms with Crippen LogP contribution in [0.5, 0.6) is 5.75 Å². The van der Waals surface area contributed by atoms with E-state index in [1.54, 1.807) is 31.2 Å². The van der Waals surface area contributed by atoms with Gasteiger partial charge >= 0.3 is 5.97 Å². The third-order valence-corrected chi connectivity index (χ3v) is 5.41. The molecule has 3 amide bonds. The van der Waals surface area contributed by atoms with Gasteiger partial charge < -0.3 is 14.8 Å². The molecule has 10 heteroatoms. The first-order valence-corrected chi connectivity index (χ1v) is 10.8. The Balaban J connectivity index is 1.70. The number of para-hydroxylation sites is 1. The molecule has 0 saturated carbocycles. The van der Waals surface area contributed by atoms with Gasteiger partial charge in [-0.05, 0) is 62.0 Å². The summed E-state index contributed by atoms with van der Waals surface area (Å²) < 4.78 is 23.5. The van der Waals surface area contributed by atoms with Crippen molar-refractivity contribution in [2.24, 2.45) is 0 Å². The Morgan fingerprint density at radius 2 is 1.85 bits per heavy atom. The van der Waals surface area contributed by atoms with Crippen LogP contribution in [0.25, 0.3) is 6.08 Å². The van der Waals surface area contributed by atoms with Crippen LogP contribution in [0.3, 0.4) is 0 Å². The molecule has 1 fully saturated rings. The number of anilines is 1. The number of rotatable bonds is 8. The van der Waals surface area contributed by atoms with Crippen molar-refractivity contribution in [2.45, 2.75) is 19.9 Å². The molecule has 172 valence electrons. The highest BCUT2D eigenvalue weighted by Crippen LogP contribution is 2.35. The topological polar surface area (TPSA) is 102 Å². The van der Waals surface area contributed by atoms with Crippen molar-refractivity contribution in [3.63, 3.8) is 0 Å². The molecule has 3 rings (SSSR count). The molecule has 1 atom stereocenters. The third kappa shape index (κ3) is 5.98. The highest BCUT2D eigenvalue weighted by molar-refractivity contribution is 8.18. The first-order valence-electron chi connectivity index (χ1n) is 10.0. The van der Waals surface area contributed by atoms with Crippen molar-refractivity contribution in [1.82, 2.24) is 4.90 Å². The monoisotopic (exact) mass is 472 g/mol. The highest BCUT2D eigenvalue weighted by Gasteiger charge is 2.41. The fraction of sp³-hybridized carbons (Fsp3) is 0.217. The van der Waals surface area contributed by atoms with E-state index in [-0.39, 0.29) is 18.1 Å². The molecular weight excluding hydrogens is 451 g/mol. The highest BCUT2D eigenvalue weighted by atomic mass is 32.2. The van der Waals surface area contributed by atoms with E-state index in [4.69, 9.17) is 9.47 Å². The maximum absolute atomic E-state index is 13.0. The number of hydrogen-bond donors (Lipinski definition) is 1. The standard InChI is InChI=1S/C23H21FN2O6S/c1-3-31-22(29)14(2)26-21(28)19(33-23(26)30)12-15-6-4-5-7-18(15)32-13-20(27)25-17-10-8-16(24)9-11-17/h4-12,14H,3,13H2,1-2H3,(H,25,27). The first-order chi connectivity index (χ1) is 15.8. The van der Waals surface area contributed by atoms with E-state index in [9.17, 15) is 23.6 Å². The lowest BCUT2D eigenvalue weighted by Crippen LogP contribution is -2.42. The maximum Gasteiger partial charge on any atom is 0.329 e. The number of halogens is 1. The summed E-state index contributed by atoms with van der Waals surface area (Å²) in [6.45, 7) is 2.86. The molecule has 0 radical (unpaired) electrons. The zero-order valence-corrected chi connectivity index (χ0v) is 18.7. The van der Waals surface area contributed by atoms with E-state index in [1.165, 1.54) is 37.3 Å². The molecule has 1 heterocycles. The van der Waals surface area contributed by atoms with Crippen LogP contribution in [0, 0.1) is 5.82 Å². The van der Waals surface area contributed by atoms with Gasteiger partial charge in [0.25, 0.3) is 17.1 Å². The summed E-state index contributed by atoms with van der Waals surface area (Å²) in [5.74, 6) is -1.84. The summed E-state index contributed by atoms with van der Waals surface area (Å²) >= 11 is 0.702. The fourth-order valence-electron chi connectivity index (χ4n) is 2.93. The normalized spacial score (nSPS) is 15.5. The van der Waals surface area contributed by atoms with Crippen molar-refractivity contribution < 1.29 is 33.0 Å². The number of imide groups is 1. The van der Waals surface area contributed by atoms with Gasteiger partial charge in [0.15, 0.2) is 6.61 Å². The Bertz CT molecular complexity index is 1100. The fourth-order valence-corrected chi connectivity index (χ4v) is 3.83. The predicted octanol–water partition coefficient (Wildman–Crippen LogP) is 3.83. The van der Waals surface area contributed by atoms with Gasteiger partial charge in [-0.3, -0.25) is 19.3 Å². The van der Waals surface area contributed by atoms with Crippen molar-refractivity contribution in [3.05, 3.63) is 64.8 Å². The van der Waals surface area contributed by atoms with Crippen LogP contribution >= 0.6 is 11.8 Å². The predicted molar refractivity (Wildman–Crippen MR) is 121 cm³/mol. The molecule has 33 heavy (non-hydrogen) atoms. The van der Waals surface area contributed by atoms with Gasteiger partial charge in [0.05, 0.1) is 11.5 Å².